The summed E-state index contributed by atoms with van der Waals surface area (Å²) in [5.41, 5.74) is 0.331. The molecule has 0 aromatic heterocycles. The third-order valence-corrected chi connectivity index (χ3v) is 4.54. The van der Waals surface area contributed by atoms with Crippen LogP contribution in [0.2, 0.25) is 0 Å². The van der Waals surface area contributed by atoms with Gasteiger partial charge in [-0.1, -0.05) is 6.92 Å². The molecule has 1 saturated heterocycles. The molecule has 0 spiro atoms. The van der Waals surface area contributed by atoms with Gasteiger partial charge in [-0.15, -0.1) is 0 Å². The molecule has 1 aromatic rings. The predicted molar refractivity (Wildman–Crippen MR) is 75.3 cm³/mol. The third kappa shape index (κ3) is 2.79. The second-order valence-corrected chi connectivity index (χ2v) is 6.26. The van der Waals surface area contributed by atoms with Crippen molar-refractivity contribution in [3.05, 3.63) is 35.4 Å². The van der Waals surface area contributed by atoms with E-state index in [4.69, 9.17) is 0 Å². The van der Waals surface area contributed by atoms with Crippen molar-refractivity contribution in [2.24, 2.45) is 11.8 Å². The number of carbonyl (C=O) groups excluding carboxylic acids is 1. The molecule has 3 nitrogen and oxygen atoms in total. The Morgan fingerprint density at radius 2 is 2.10 bits per heavy atom. The summed E-state index contributed by atoms with van der Waals surface area (Å²) in [4.78, 5) is 14.0. The highest BCUT2D eigenvalue weighted by Crippen LogP contribution is 2.38. The fraction of sp³-hybridized carbons (Fsp3) is 0.562. The zero-order valence-corrected chi connectivity index (χ0v) is 12.3. The fourth-order valence-corrected chi connectivity index (χ4v) is 3.07. The van der Waals surface area contributed by atoms with Crippen LogP contribution in [0.5, 0.6) is 0 Å². The Bertz CT molecular complexity index is 559. The lowest BCUT2D eigenvalue weighted by Crippen LogP contribution is -2.35. The fourth-order valence-electron chi connectivity index (χ4n) is 3.07. The lowest BCUT2D eigenvalue weighted by molar-refractivity contribution is -0.130. The van der Waals surface area contributed by atoms with E-state index in [0.29, 0.717) is 23.9 Å². The number of benzene rings is 1. The van der Waals surface area contributed by atoms with E-state index in [0.717, 1.165) is 6.07 Å². The van der Waals surface area contributed by atoms with Crippen molar-refractivity contribution in [2.45, 2.75) is 38.9 Å². The van der Waals surface area contributed by atoms with Crippen LogP contribution in [0.15, 0.2) is 18.2 Å². The molecule has 114 valence electrons. The van der Waals surface area contributed by atoms with Gasteiger partial charge in [-0.25, -0.2) is 8.78 Å². The average Bonchev–Trinajstić information content (AvgIpc) is 3.23. The first kappa shape index (κ1) is 14.4. The van der Waals surface area contributed by atoms with E-state index in [2.05, 4.69) is 12.2 Å². The maximum Gasteiger partial charge on any atom is 0.241 e. The number of nitrogens with zero attached hydrogens (tertiary/aromatic N) is 1. The molecule has 1 aromatic carbocycles. The van der Waals surface area contributed by atoms with Crippen LogP contribution in [-0.2, 0) is 4.79 Å². The zero-order chi connectivity index (χ0) is 15.1. The molecule has 21 heavy (non-hydrogen) atoms. The molecule has 5 heteroatoms. The Morgan fingerprint density at radius 3 is 2.71 bits per heavy atom. The summed E-state index contributed by atoms with van der Waals surface area (Å²) in [5, 5.41) is 3.11. The maximum absolute atomic E-state index is 14.0. The van der Waals surface area contributed by atoms with Gasteiger partial charge in [0, 0.05) is 18.2 Å². The Labute approximate surface area is 123 Å². The van der Waals surface area contributed by atoms with Crippen LogP contribution in [0.4, 0.5) is 8.78 Å². The van der Waals surface area contributed by atoms with Crippen LogP contribution in [0, 0.1) is 23.5 Å². The number of rotatable bonds is 4. The molecule has 0 bridgehead atoms. The molecule has 0 radical (unpaired) electrons. The highest BCUT2D eigenvalue weighted by molar-refractivity contribution is 5.84. The first-order chi connectivity index (χ1) is 9.97. The summed E-state index contributed by atoms with van der Waals surface area (Å²) in [5.74, 6) is -0.152. The normalized spacial score (nSPS) is 27.2. The molecule has 1 aliphatic carbocycles. The van der Waals surface area contributed by atoms with Crippen molar-refractivity contribution in [1.29, 1.82) is 0 Å². The average molecular weight is 294 g/mol. The summed E-state index contributed by atoms with van der Waals surface area (Å²) in [6, 6.07) is 3.18. The number of nitrogens with one attached hydrogen (secondary N) is 1. The Morgan fingerprint density at radius 1 is 1.38 bits per heavy atom. The highest BCUT2D eigenvalue weighted by Gasteiger charge is 2.40. The molecule has 3 unspecified atom stereocenters. The molecular formula is C16H20F2N2O. The maximum atomic E-state index is 14.0. The number of halogens is 2. The first-order valence-electron chi connectivity index (χ1n) is 7.49. The van der Waals surface area contributed by atoms with E-state index in [-0.39, 0.29) is 11.9 Å². The first-order valence-corrected chi connectivity index (χ1v) is 7.49. The molecular weight excluding hydrogens is 274 g/mol. The minimum absolute atomic E-state index is 0.0174. The lowest BCUT2D eigenvalue weighted by atomic mass is 10.0. The van der Waals surface area contributed by atoms with Crippen molar-refractivity contribution in [2.75, 3.05) is 6.54 Å². The molecule has 1 aliphatic heterocycles. The second kappa shape index (κ2) is 5.37. The topological polar surface area (TPSA) is 32.3 Å². The van der Waals surface area contributed by atoms with Crippen molar-refractivity contribution in [3.8, 4) is 0 Å². The van der Waals surface area contributed by atoms with E-state index in [1.54, 1.807) is 11.8 Å². The van der Waals surface area contributed by atoms with Crippen LogP contribution >= 0.6 is 0 Å². The summed E-state index contributed by atoms with van der Waals surface area (Å²) >= 11 is 0. The summed E-state index contributed by atoms with van der Waals surface area (Å²) in [7, 11) is 0. The van der Waals surface area contributed by atoms with Crippen LogP contribution in [0.25, 0.3) is 0 Å². The van der Waals surface area contributed by atoms with Gasteiger partial charge < -0.3 is 4.90 Å². The Hall–Kier alpha value is -1.49. The molecule has 2 fully saturated rings. The summed E-state index contributed by atoms with van der Waals surface area (Å²) in [6.07, 6.45) is 1.91. The van der Waals surface area contributed by atoms with Gasteiger partial charge >= 0.3 is 0 Å². The number of carbonyl (C=O) groups is 1. The summed E-state index contributed by atoms with van der Waals surface area (Å²) in [6.45, 7) is 4.52. The minimum atomic E-state index is -0.613. The summed E-state index contributed by atoms with van der Waals surface area (Å²) < 4.78 is 27.1. The van der Waals surface area contributed by atoms with E-state index >= 15 is 0 Å². The van der Waals surface area contributed by atoms with Gasteiger partial charge in [0.15, 0.2) is 0 Å². The minimum Gasteiger partial charge on any atom is -0.321 e. The van der Waals surface area contributed by atoms with Gasteiger partial charge in [-0.2, -0.15) is 0 Å². The third-order valence-electron chi connectivity index (χ3n) is 4.54. The molecule has 3 rings (SSSR count). The molecule has 1 saturated carbocycles. The molecule has 1 heterocycles. The van der Waals surface area contributed by atoms with Crippen molar-refractivity contribution in [3.63, 3.8) is 0 Å². The number of hydrogen-bond donors (Lipinski definition) is 1. The second-order valence-electron chi connectivity index (χ2n) is 6.26. The Balaban J connectivity index is 1.85. The quantitative estimate of drug-likeness (QED) is 0.926. The van der Waals surface area contributed by atoms with E-state index in [9.17, 15) is 13.6 Å². The van der Waals surface area contributed by atoms with Crippen LogP contribution in [0.1, 0.15) is 38.4 Å². The van der Waals surface area contributed by atoms with E-state index in [1.807, 2.05) is 0 Å². The monoisotopic (exact) mass is 294 g/mol. The number of amides is 1. The predicted octanol–water partition coefficient (Wildman–Crippen LogP) is 2.83. The number of hydrogen-bond acceptors (Lipinski definition) is 2. The van der Waals surface area contributed by atoms with Gasteiger partial charge in [-0.05, 0) is 43.7 Å². The van der Waals surface area contributed by atoms with Gasteiger partial charge in [0.05, 0.1) is 6.04 Å². The van der Waals surface area contributed by atoms with Crippen LogP contribution in [-0.4, -0.2) is 23.4 Å². The molecule has 3 atom stereocenters. The smallest absolute Gasteiger partial charge is 0.241 e. The lowest BCUT2D eigenvalue weighted by Gasteiger charge is -2.27. The van der Waals surface area contributed by atoms with Crippen molar-refractivity contribution in [1.82, 2.24) is 10.2 Å². The van der Waals surface area contributed by atoms with Gasteiger partial charge in [0.25, 0.3) is 0 Å². The highest BCUT2D eigenvalue weighted by atomic mass is 19.1. The van der Waals surface area contributed by atoms with Crippen molar-refractivity contribution >= 4 is 5.91 Å². The zero-order valence-electron chi connectivity index (χ0n) is 12.3. The van der Waals surface area contributed by atoms with Gasteiger partial charge in [0.2, 0.25) is 5.91 Å². The van der Waals surface area contributed by atoms with E-state index < -0.39 is 17.8 Å². The van der Waals surface area contributed by atoms with Crippen LogP contribution < -0.4 is 5.32 Å². The molecule has 1 amide bonds. The van der Waals surface area contributed by atoms with Crippen LogP contribution in [0.3, 0.4) is 0 Å². The van der Waals surface area contributed by atoms with E-state index in [1.165, 1.54) is 25.0 Å². The molecule has 2 aliphatic rings. The molecule has 1 N–H and O–H groups in total. The Kier molecular flexibility index (Phi) is 3.69. The van der Waals surface area contributed by atoms with Crippen molar-refractivity contribution < 1.29 is 13.6 Å². The van der Waals surface area contributed by atoms with Gasteiger partial charge in [0.1, 0.15) is 17.8 Å². The van der Waals surface area contributed by atoms with Gasteiger partial charge in [-0.3, -0.25) is 10.1 Å². The standard InChI is InChI=1S/C16H20F2N2O/c1-9(11-3-4-11)8-20-15(19-10(2)16(20)21)13-6-5-12(17)7-14(13)18/h5-7,9-11,15,19H,3-4,8H2,1-2H3. The largest absolute Gasteiger partial charge is 0.321 e. The SMILES string of the molecule is CC1NC(c2ccc(F)cc2F)N(CC(C)C2CC2)C1=O.